The van der Waals surface area contributed by atoms with Crippen molar-refractivity contribution in [3.8, 4) is 0 Å². The van der Waals surface area contributed by atoms with Gasteiger partial charge < -0.3 is 9.80 Å². The van der Waals surface area contributed by atoms with Gasteiger partial charge in [0.05, 0.1) is 4.90 Å². The minimum absolute atomic E-state index is 0.0221. The number of pyridine rings is 1. The van der Waals surface area contributed by atoms with E-state index in [0.717, 1.165) is 12.2 Å². The van der Waals surface area contributed by atoms with Crippen molar-refractivity contribution in [3.05, 3.63) is 54.2 Å². The van der Waals surface area contributed by atoms with Crippen LogP contribution in [0.5, 0.6) is 0 Å². The van der Waals surface area contributed by atoms with Crippen LogP contribution in [0.3, 0.4) is 0 Å². The van der Waals surface area contributed by atoms with Gasteiger partial charge in [-0.25, -0.2) is 13.4 Å². The Labute approximate surface area is 183 Å². The van der Waals surface area contributed by atoms with Gasteiger partial charge in [0.25, 0.3) is 10.0 Å². The Bertz CT molecular complexity index is 1080. The second-order valence-electron chi connectivity index (χ2n) is 7.91. The molecule has 2 aliphatic rings. The van der Waals surface area contributed by atoms with Crippen molar-refractivity contribution < 1.29 is 13.2 Å². The molecule has 0 aliphatic carbocycles. The van der Waals surface area contributed by atoms with Crippen LogP contribution in [0, 0.1) is 5.92 Å². The van der Waals surface area contributed by atoms with Crippen molar-refractivity contribution >= 4 is 27.6 Å². The SMILES string of the molecule is CC[C@H](C)[C@H](N=C1NS(=O)(=O)c2ccccc21)C(=O)N1CCN(c2ccccn2)CC1. The quantitative estimate of drug-likeness (QED) is 0.765. The first-order valence-electron chi connectivity index (χ1n) is 10.6. The van der Waals surface area contributed by atoms with Crippen LogP contribution >= 0.6 is 0 Å². The molecule has 164 valence electrons. The summed E-state index contributed by atoms with van der Waals surface area (Å²) in [6.07, 6.45) is 2.53. The topological polar surface area (TPSA) is 95.0 Å². The lowest BCUT2D eigenvalue weighted by molar-refractivity contribution is -0.133. The maximum Gasteiger partial charge on any atom is 0.263 e. The van der Waals surface area contributed by atoms with E-state index in [1.54, 1.807) is 30.5 Å². The first-order valence-corrected chi connectivity index (χ1v) is 12.0. The molecule has 8 nitrogen and oxygen atoms in total. The number of aromatic nitrogens is 1. The highest BCUT2D eigenvalue weighted by atomic mass is 32.2. The zero-order chi connectivity index (χ0) is 22.0. The molecule has 3 heterocycles. The number of carbonyl (C=O) groups excluding carboxylic acids is 1. The predicted octanol–water partition coefficient (Wildman–Crippen LogP) is 1.88. The molecule has 4 rings (SSSR count). The minimum Gasteiger partial charge on any atom is -0.353 e. The van der Waals surface area contributed by atoms with Crippen molar-refractivity contribution in [1.29, 1.82) is 0 Å². The zero-order valence-electron chi connectivity index (χ0n) is 17.7. The Hall–Kier alpha value is -2.94. The average molecular weight is 442 g/mol. The van der Waals surface area contributed by atoms with Crippen LogP contribution in [-0.2, 0) is 14.8 Å². The fourth-order valence-corrected chi connectivity index (χ4v) is 5.14. The Morgan fingerprint density at radius 3 is 2.52 bits per heavy atom. The molecular formula is C22H27N5O3S. The molecule has 2 aliphatic heterocycles. The number of sulfonamides is 1. The molecule has 1 aromatic carbocycles. The Kier molecular flexibility index (Phi) is 5.95. The van der Waals surface area contributed by atoms with Gasteiger partial charge in [0.15, 0.2) is 0 Å². The van der Waals surface area contributed by atoms with E-state index in [9.17, 15) is 13.2 Å². The van der Waals surface area contributed by atoms with Crippen LogP contribution in [0.2, 0.25) is 0 Å². The van der Waals surface area contributed by atoms with E-state index in [0.29, 0.717) is 31.7 Å². The van der Waals surface area contributed by atoms with Gasteiger partial charge in [-0.3, -0.25) is 14.5 Å². The highest BCUT2D eigenvalue weighted by Gasteiger charge is 2.35. The van der Waals surface area contributed by atoms with Gasteiger partial charge in [-0.15, -0.1) is 0 Å². The van der Waals surface area contributed by atoms with Gasteiger partial charge in [-0.05, 0) is 30.2 Å². The maximum absolute atomic E-state index is 13.4. The first kappa shape index (κ1) is 21.3. The molecule has 9 heteroatoms. The molecule has 31 heavy (non-hydrogen) atoms. The highest BCUT2D eigenvalue weighted by Crippen LogP contribution is 2.25. The van der Waals surface area contributed by atoms with Gasteiger partial charge in [-0.1, -0.05) is 38.5 Å². The number of carbonyl (C=O) groups is 1. The van der Waals surface area contributed by atoms with Crippen LogP contribution in [0.4, 0.5) is 5.82 Å². The summed E-state index contributed by atoms with van der Waals surface area (Å²) in [6, 6.07) is 11.9. The summed E-state index contributed by atoms with van der Waals surface area (Å²) in [5.74, 6) is 1.07. The average Bonchev–Trinajstić information content (AvgIpc) is 3.07. The Morgan fingerprint density at radius 2 is 1.84 bits per heavy atom. The van der Waals surface area contributed by atoms with E-state index in [-0.39, 0.29) is 22.6 Å². The van der Waals surface area contributed by atoms with Crippen molar-refractivity contribution in [1.82, 2.24) is 14.6 Å². The first-order chi connectivity index (χ1) is 14.9. The minimum atomic E-state index is -3.64. The molecule has 0 radical (unpaired) electrons. The molecule has 2 aromatic rings. The lowest BCUT2D eigenvalue weighted by atomic mass is 9.97. The number of amides is 1. The number of piperazine rings is 1. The van der Waals surface area contributed by atoms with Crippen LogP contribution < -0.4 is 9.62 Å². The molecule has 1 amide bonds. The monoisotopic (exact) mass is 441 g/mol. The molecule has 0 saturated carbocycles. The number of anilines is 1. The molecule has 1 saturated heterocycles. The van der Waals surface area contributed by atoms with Crippen molar-refractivity contribution in [2.24, 2.45) is 10.9 Å². The molecule has 0 spiro atoms. The number of benzene rings is 1. The normalized spacial score (nSPS) is 20.8. The van der Waals surface area contributed by atoms with Gasteiger partial charge in [-0.2, -0.15) is 0 Å². The number of rotatable bonds is 5. The molecule has 0 unspecified atom stereocenters. The molecule has 0 bridgehead atoms. The number of nitrogens with one attached hydrogen (secondary N) is 1. The van der Waals surface area contributed by atoms with Crippen molar-refractivity contribution in [2.45, 2.75) is 31.2 Å². The van der Waals surface area contributed by atoms with E-state index < -0.39 is 16.1 Å². The molecule has 2 atom stereocenters. The second kappa shape index (κ2) is 8.66. The Balaban J connectivity index is 1.54. The largest absolute Gasteiger partial charge is 0.353 e. The van der Waals surface area contributed by atoms with Gasteiger partial charge >= 0.3 is 0 Å². The molecule has 1 N–H and O–H groups in total. The lowest BCUT2D eigenvalue weighted by Crippen LogP contribution is -2.52. The summed E-state index contributed by atoms with van der Waals surface area (Å²) in [5, 5.41) is 0. The van der Waals surface area contributed by atoms with Gasteiger partial charge in [0, 0.05) is 37.9 Å². The molecule has 1 fully saturated rings. The van der Waals surface area contributed by atoms with Crippen molar-refractivity contribution in [3.63, 3.8) is 0 Å². The number of aliphatic imine (C=N–C) groups is 1. The van der Waals surface area contributed by atoms with E-state index in [2.05, 4.69) is 19.6 Å². The van der Waals surface area contributed by atoms with Crippen LogP contribution in [0.1, 0.15) is 25.8 Å². The maximum atomic E-state index is 13.4. The third-order valence-electron chi connectivity index (χ3n) is 5.93. The smallest absolute Gasteiger partial charge is 0.263 e. The predicted molar refractivity (Wildman–Crippen MR) is 120 cm³/mol. The number of amidine groups is 1. The van der Waals surface area contributed by atoms with E-state index in [1.807, 2.05) is 36.9 Å². The highest BCUT2D eigenvalue weighted by molar-refractivity contribution is 7.90. The number of hydrogen-bond acceptors (Lipinski definition) is 6. The van der Waals surface area contributed by atoms with Crippen LogP contribution in [0.15, 0.2) is 58.5 Å². The third-order valence-corrected chi connectivity index (χ3v) is 7.33. The summed E-state index contributed by atoms with van der Waals surface area (Å²) >= 11 is 0. The van der Waals surface area contributed by atoms with E-state index in [1.165, 1.54) is 0 Å². The third kappa shape index (κ3) is 4.27. The zero-order valence-corrected chi connectivity index (χ0v) is 18.5. The van der Waals surface area contributed by atoms with Crippen LogP contribution in [0.25, 0.3) is 0 Å². The number of fused-ring (bicyclic) bond motifs is 1. The lowest BCUT2D eigenvalue weighted by Gasteiger charge is -2.37. The fraction of sp³-hybridized carbons (Fsp3) is 0.409. The van der Waals surface area contributed by atoms with Crippen molar-refractivity contribution in [2.75, 3.05) is 31.1 Å². The summed E-state index contributed by atoms with van der Waals surface area (Å²) in [7, 11) is -3.64. The fourth-order valence-electron chi connectivity index (χ4n) is 3.90. The summed E-state index contributed by atoms with van der Waals surface area (Å²) < 4.78 is 27.4. The standard InChI is InChI=1S/C22H27N5O3S/c1-3-16(2)20(24-21-17-8-4-5-9-18(17)31(29,30)25-21)22(28)27-14-12-26(13-15-27)19-10-6-7-11-23-19/h4-11,16,20H,3,12-15H2,1-2H3,(H,24,25)/t16-,20-/m0/s1. The molecular weight excluding hydrogens is 414 g/mol. The van der Waals surface area contributed by atoms with Gasteiger partial charge in [0.2, 0.25) is 5.91 Å². The van der Waals surface area contributed by atoms with E-state index in [4.69, 9.17) is 0 Å². The van der Waals surface area contributed by atoms with Gasteiger partial charge in [0.1, 0.15) is 17.7 Å². The second-order valence-corrected chi connectivity index (χ2v) is 9.56. The number of hydrogen-bond donors (Lipinski definition) is 1. The summed E-state index contributed by atoms with van der Waals surface area (Å²) in [5.41, 5.74) is 0.517. The number of nitrogens with zero attached hydrogens (tertiary/aromatic N) is 4. The Morgan fingerprint density at radius 1 is 1.13 bits per heavy atom. The summed E-state index contributed by atoms with van der Waals surface area (Å²) in [4.78, 5) is 26.6. The van der Waals surface area contributed by atoms with E-state index >= 15 is 0 Å². The molecule has 1 aromatic heterocycles. The van der Waals surface area contributed by atoms with Crippen LogP contribution in [-0.4, -0.2) is 62.3 Å². The summed E-state index contributed by atoms with van der Waals surface area (Å²) in [6.45, 7) is 6.54.